The van der Waals surface area contributed by atoms with Gasteiger partial charge in [0, 0.05) is 32.8 Å². The number of aromatic nitrogens is 4. The number of rotatable bonds is 4. The summed E-state index contributed by atoms with van der Waals surface area (Å²) in [5, 5.41) is 9.50. The van der Waals surface area contributed by atoms with E-state index in [4.69, 9.17) is 15.0 Å². The van der Waals surface area contributed by atoms with Crippen LogP contribution in [0.5, 0.6) is 0 Å². The molecule has 4 heteroatoms. The first-order valence-corrected chi connectivity index (χ1v) is 20.1. The van der Waals surface area contributed by atoms with Crippen LogP contribution < -0.4 is 0 Å². The monoisotopic (exact) mass is 734 g/mol. The standard InChI is InChI=1S/C53H42N4/c1-52(2)28-29-53(3,4)45-32-48-42(31-44(45)52)40-24-14-15-25-46(40)57(48)47-27-26-41(38-22-12-13-23-39(38)47)50-54-49(33-16-6-5-7-17-33)55-51(56-50)43-30-34-18-8-9-19-35(34)36-20-10-11-21-37(36)43/h5-27,30-32H,28-29H2,1-4H3. The van der Waals surface area contributed by atoms with Gasteiger partial charge >= 0.3 is 0 Å². The lowest BCUT2D eigenvalue weighted by atomic mass is 9.63. The molecule has 274 valence electrons. The lowest BCUT2D eigenvalue weighted by Gasteiger charge is -2.42. The molecular weight excluding hydrogens is 693 g/mol. The van der Waals surface area contributed by atoms with Crippen molar-refractivity contribution in [3.8, 4) is 39.9 Å². The summed E-state index contributed by atoms with van der Waals surface area (Å²) in [6.07, 6.45) is 2.36. The number of hydrogen-bond acceptors (Lipinski definition) is 3. The molecule has 0 saturated carbocycles. The maximum absolute atomic E-state index is 5.35. The highest BCUT2D eigenvalue weighted by Gasteiger charge is 2.38. The SMILES string of the molecule is CC1(C)CCC(C)(C)c2cc3c(cc21)c1ccccc1n3-c1ccc(-c2nc(-c3ccccc3)nc(-c3cc4ccccc4c4ccccc34)n2)c2ccccc12. The topological polar surface area (TPSA) is 43.6 Å². The van der Waals surface area contributed by atoms with E-state index in [-0.39, 0.29) is 10.8 Å². The van der Waals surface area contributed by atoms with E-state index in [9.17, 15) is 0 Å². The zero-order valence-corrected chi connectivity index (χ0v) is 32.7. The summed E-state index contributed by atoms with van der Waals surface area (Å²) >= 11 is 0. The first-order chi connectivity index (χ1) is 27.7. The van der Waals surface area contributed by atoms with Crippen LogP contribution in [0.4, 0.5) is 0 Å². The quantitative estimate of drug-likeness (QED) is 0.169. The second-order valence-corrected chi connectivity index (χ2v) is 17.1. The molecule has 2 heterocycles. The Labute approximate surface area is 332 Å². The minimum Gasteiger partial charge on any atom is -0.309 e. The van der Waals surface area contributed by atoms with Crippen LogP contribution >= 0.6 is 0 Å². The molecule has 0 bridgehead atoms. The zero-order chi connectivity index (χ0) is 38.5. The van der Waals surface area contributed by atoms with Gasteiger partial charge in [-0.3, -0.25) is 0 Å². The molecule has 0 unspecified atom stereocenters. The van der Waals surface area contributed by atoms with Crippen molar-refractivity contribution in [3.63, 3.8) is 0 Å². The van der Waals surface area contributed by atoms with Crippen LogP contribution in [-0.4, -0.2) is 19.5 Å². The molecule has 11 rings (SSSR count). The summed E-state index contributed by atoms with van der Waals surface area (Å²) in [5.74, 6) is 1.96. The highest BCUT2D eigenvalue weighted by molar-refractivity contribution is 6.14. The molecule has 0 atom stereocenters. The molecule has 57 heavy (non-hydrogen) atoms. The summed E-state index contributed by atoms with van der Waals surface area (Å²) in [7, 11) is 0. The number of nitrogens with zero attached hydrogens (tertiary/aromatic N) is 4. The molecule has 0 fully saturated rings. The molecule has 0 radical (unpaired) electrons. The van der Waals surface area contributed by atoms with Gasteiger partial charge in [-0.2, -0.15) is 0 Å². The van der Waals surface area contributed by atoms with Crippen molar-refractivity contribution in [3.05, 3.63) is 169 Å². The van der Waals surface area contributed by atoms with E-state index in [1.807, 2.05) is 18.2 Å². The Kier molecular flexibility index (Phi) is 7.34. The lowest BCUT2D eigenvalue weighted by Crippen LogP contribution is -2.33. The van der Waals surface area contributed by atoms with Gasteiger partial charge in [-0.05, 0) is 98.1 Å². The first kappa shape index (κ1) is 33.7. The van der Waals surface area contributed by atoms with Gasteiger partial charge in [-0.1, -0.05) is 149 Å². The number of benzene rings is 8. The van der Waals surface area contributed by atoms with E-state index in [1.54, 1.807) is 0 Å². The van der Waals surface area contributed by atoms with Crippen LogP contribution in [0.3, 0.4) is 0 Å². The maximum Gasteiger partial charge on any atom is 0.164 e. The second kappa shape index (κ2) is 12.4. The molecule has 0 aliphatic heterocycles. The van der Waals surface area contributed by atoms with Crippen LogP contribution in [0.1, 0.15) is 51.7 Å². The molecule has 0 N–H and O–H groups in total. The van der Waals surface area contributed by atoms with Crippen molar-refractivity contribution < 1.29 is 0 Å². The normalized spacial score (nSPS) is 14.8. The first-order valence-electron chi connectivity index (χ1n) is 20.1. The number of fused-ring (bicyclic) bond motifs is 8. The van der Waals surface area contributed by atoms with Gasteiger partial charge < -0.3 is 4.57 Å². The van der Waals surface area contributed by atoms with Crippen molar-refractivity contribution in [1.82, 2.24) is 19.5 Å². The van der Waals surface area contributed by atoms with Gasteiger partial charge in [0.15, 0.2) is 17.5 Å². The Morgan fingerprint density at radius 2 is 0.947 bits per heavy atom. The van der Waals surface area contributed by atoms with Crippen LogP contribution in [0.15, 0.2) is 158 Å². The summed E-state index contributed by atoms with van der Waals surface area (Å²) in [4.78, 5) is 15.8. The third kappa shape index (κ3) is 5.24. The molecule has 0 spiro atoms. The molecule has 1 aliphatic rings. The van der Waals surface area contributed by atoms with Crippen LogP contribution in [0.2, 0.25) is 0 Å². The molecular formula is C53H42N4. The van der Waals surface area contributed by atoms with E-state index in [2.05, 4.69) is 172 Å². The van der Waals surface area contributed by atoms with E-state index < -0.39 is 0 Å². The van der Waals surface area contributed by atoms with Gasteiger partial charge in [-0.15, -0.1) is 0 Å². The van der Waals surface area contributed by atoms with Gasteiger partial charge in [0.25, 0.3) is 0 Å². The Bertz CT molecular complexity index is 3240. The average Bonchev–Trinajstić information content (AvgIpc) is 3.57. The summed E-state index contributed by atoms with van der Waals surface area (Å²) in [6, 6.07) is 56.8. The third-order valence-electron chi connectivity index (χ3n) is 12.7. The number of para-hydroxylation sites is 1. The van der Waals surface area contributed by atoms with Crippen LogP contribution in [0, 0.1) is 0 Å². The minimum atomic E-state index is 0.0927. The average molecular weight is 735 g/mol. The van der Waals surface area contributed by atoms with Crippen molar-refractivity contribution in [1.29, 1.82) is 0 Å². The predicted molar refractivity (Wildman–Crippen MR) is 238 cm³/mol. The van der Waals surface area contributed by atoms with Crippen LogP contribution in [-0.2, 0) is 10.8 Å². The van der Waals surface area contributed by atoms with E-state index in [1.165, 1.54) is 56.5 Å². The summed E-state index contributed by atoms with van der Waals surface area (Å²) in [6.45, 7) is 9.65. The molecule has 0 saturated heterocycles. The Morgan fingerprint density at radius 1 is 0.404 bits per heavy atom. The Morgan fingerprint density at radius 3 is 1.68 bits per heavy atom. The highest BCUT2D eigenvalue weighted by Crippen LogP contribution is 2.49. The van der Waals surface area contributed by atoms with Crippen molar-refractivity contribution in [2.75, 3.05) is 0 Å². The smallest absolute Gasteiger partial charge is 0.164 e. The van der Waals surface area contributed by atoms with Crippen molar-refractivity contribution >= 4 is 54.1 Å². The van der Waals surface area contributed by atoms with E-state index in [0.717, 1.165) is 43.9 Å². The second-order valence-electron chi connectivity index (χ2n) is 17.1. The molecule has 10 aromatic rings. The predicted octanol–water partition coefficient (Wildman–Crippen LogP) is 13.8. The largest absolute Gasteiger partial charge is 0.309 e. The van der Waals surface area contributed by atoms with Gasteiger partial charge in [0.1, 0.15) is 0 Å². The zero-order valence-electron chi connectivity index (χ0n) is 32.7. The summed E-state index contributed by atoms with van der Waals surface area (Å²) in [5.41, 5.74) is 9.67. The lowest BCUT2D eigenvalue weighted by molar-refractivity contribution is 0.332. The van der Waals surface area contributed by atoms with Gasteiger partial charge in [0.2, 0.25) is 0 Å². The van der Waals surface area contributed by atoms with E-state index >= 15 is 0 Å². The molecule has 4 nitrogen and oxygen atoms in total. The van der Waals surface area contributed by atoms with Crippen molar-refractivity contribution in [2.45, 2.75) is 51.4 Å². The fourth-order valence-electron chi connectivity index (χ4n) is 9.53. The van der Waals surface area contributed by atoms with Gasteiger partial charge in [0.05, 0.1) is 16.7 Å². The van der Waals surface area contributed by atoms with Crippen LogP contribution in [0.25, 0.3) is 94.0 Å². The Balaban J connectivity index is 1.17. The minimum absolute atomic E-state index is 0.0927. The summed E-state index contributed by atoms with van der Waals surface area (Å²) < 4.78 is 2.49. The Hall–Kier alpha value is -6.65. The molecule has 2 aromatic heterocycles. The van der Waals surface area contributed by atoms with Crippen molar-refractivity contribution in [2.24, 2.45) is 0 Å². The van der Waals surface area contributed by atoms with E-state index in [0.29, 0.717) is 17.5 Å². The fraction of sp³-hybridized carbons (Fsp3) is 0.151. The molecule has 8 aromatic carbocycles. The number of hydrogen-bond donors (Lipinski definition) is 0. The maximum atomic E-state index is 5.35. The highest BCUT2D eigenvalue weighted by atomic mass is 15.0. The van der Waals surface area contributed by atoms with Gasteiger partial charge in [-0.25, -0.2) is 15.0 Å². The molecule has 1 aliphatic carbocycles. The fourth-order valence-corrected chi connectivity index (χ4v) is 9.53. The third-order valence-corrected chi connectivity index (χ3v) is 12.7. The molecule has 0 amide bonds.